The first-order valence-corrected chi connectivity index (χ1v) is 6.59. The second-order valence-electron chi connectivity index (χ2n) is 3.51. The molecule has 0 unspecified atom stereocenters. The zero-order valence-electron chi connectivity index (χ0n) is 11.6. The van der Waals surface area contributed by atoms with Crippen LogP contribution in [-0.4, -0.2) is 70.4 Å². The standard InChI is InChI=1S/2C5H9NO3S.Mg/c2*1-3(7)6-4(2-10)5(8)9;/h2*4,10H,2H2,1H3,(H,6,7)(H,8,9);/q;;+2/p-2/t2*4-;/m00./s1. The fourth-order valence-electron chi connectivity index (χ4n) is 0.849. The summed E-state index contributed by atoms with van der Waals surface area (Å²) < 4.78 is 0. The largest absolute Gasteiger partial charge is 2.00 e. The van der Waals surface area contributed by atoms with E-state index in [1.165, 1.54) is 13.8 Å². The molecule has 0 spiro atoms. The average Bonchev–Trinajstić information content (AvgIpc) is 2.32. The van der Waals surface area contributed by atoms with Crippen molar-refractivity contribution in [1.29, 1.82) is 0 Å². The Bertz CT molecular complexity index is 335. The van der Waals surface area contributed by atoms with Crippen molar-refractivity contribution in [2.75, 3.05) is 11.5 Å². The molecule has 0 fully saturated rings. The fraction of sp³-hybridized carbons (Fsp3) is 0.600. The second kappa shape index (κ2) is 14.3. The molecule has 116 valence electrons. The minimum absolute atomic E-state index is 0. The van der Waals surface area contributed by atoms with Gasteiger partial charge < -0.3 is 30.4 Å². The normalized spacial score (nSPS) is 11.6. The van der Waals surface area contributed by atoms with Crippen molar-refractivity contribution in [3.63, 3.8) is 0 Å². The van der Waals surface area contributed by atoms with Gasteiger partial charge in [0.2, 0.25) is 11.8 Å². The zero-order valence-corrected chi connectivity index (χ0v) is 14.8. The van der Waals surface area contributed by atoms with Gasteiger partial charge in [-0.2, -0.15) is 25.3 Å². The van der Waals surface area contributed by atoms with Crippen molar-refractivity contribution in [2.45, 2.75) is 25.9 Å². The van der Waals surface area contributed by atoms with E-state index in [1.807, 2.05) is 0 Å². The summed E-state index contributed by atoms with van der Waals surface area (Å²) in [5.41, 5.74) is 0. The Morgan fingerprint density at radius 2 is 1.10 bits per heavy atom. The Hall–Kier alpha value is -0.654. The number of hydrogen-bond acceptors (Lipinski definition) is 8. The first kappa shape index (κ1) is 25.3. The van der Waals surface area contributed by atoms with Crippen LogP contribution in [0.4, 0.5) is 0 Å². The minimum Gasteiger partial charge on any atom is -0.548 e. The van der Waals surface area contributed by atoms with E-state index in [2.05, 4.69) is 35.9 Å². The smallest absolute Gasteiger partial charge is 0.548 e. The number of carbonyl (C=O) groups excluding carboxylic acids is 4. The summed E-state index contributed by atoms with van der Waals surface area (Å²) in [7, 11) is 0. The van der Waals surface area contributed by atoms with Crippen molar-refractivity contribution in [3.8, 4) is 0 Å². The molecule has 0 aromatic heterocycles. The number of amides is 2. The van der Waals surface area contributed by atoms with E-state index >= 15 is 0 Å². The van der Waals surface area contributed by atoms with Crippen molar-refractivity contribution in [1.82, 2.24) is 10.6 Å². The van der Waals surface area contributed by atoms with E-state index in [1.54, 1.807) is 0 Å². The molecule has 0 rings (SSSR count). The zero-order chi connectivity index (χ0) is 16.3. The molecule has 0 aliphatic heterocycles. The number of rotatable bonds is 6. The van der Waals surface area contributed by atoms with Gasteiger partial charge in [-0.15, -0.1) is 0 Å². The summed E-state index contributed by atoms with van der Waals surface area (Å²) in [5, 5.41) is 24.5. The van der Waals surface area contributed by atoms with Crippen LogP contribution in [0.25, 0.3) is 0 Å². The maximum absolute atomic E-state index is 10.3. The maximum Gasteiger partial charge on any atom is 2.00 e. The Kier molecular flexibility index (Phi) is 17.2. The number of nitrogens with one attached hydrogen (secondary N) is 2. The molecule has 2 amide bonds. The van der Waals surface area contributed by atoms with Crippen LogP contribution in [0.2, 0.25) is 0 Å². The second-order valence-corrected chi connectivity index (χ2v) is 4.24. The summed E-state index contributed by atoms with van der Waals surface area (Å²) in [6.45, 7) is 2.47. The van der Waals surface area contributed by atoms with Gasteiger partial charge in [0.15, 0.2) is 0 Å². The van der Waals surface area contributed by atoms with E-state index in [9.17, 15) is 29.4 Å². The molecule has 11 heteroatoms. The van der Waals surface area contributed by atoms with Gasteiger partial charge in [0.1, 0.15) is 0 Å². The fourth-order valence-corrected chi connectivity index (χ4v) is 1.33. The summed E-state index contributed by atoms with van der Waals surface area (Å²) in [6, 6.07) is -1.97. The number of aliphatic carboxylic acids is 2. The van der Waals surface area contributed by atoms with Gasteiger partial charge in [-0.05, 0) is 0 Å². The molecule has 0 aliphatic carbocycles. The van der Waals surface area contributed by atoms with E-state index in [0.29, 0.717) is 0 Å². The molecule has 21 heavy (non-hydrogen) atoms. The predicted molar refractivity (Wildman–Crippen MR) is 78.7 cm³/mol. The van der Waals surface area contributed by atoms with Crippen LogP contribution in [0.3, 0.4) is 0 Å². The van der Waals surface area contributed by atoms with Gasteiger partial charge in [0, 0.05) is 25.4 Å². The van der Waals surface area contributed by atoms with Crippen LogP contribution in [0.15, 0.2) is 0 Å². The van der Waals surface area contributed by atoms with Crippen LogP contribution in [0.1, 0.15) is 13.8 Å². The number of carbonyl (C=O) groups is 4. The van der Waals surface area contributed by atoms with Gasteiger partial charge in [-0.1, -0.05) is 0 Å². The quantitative estimate of drug-likeness (QED) is 0.285. The molecular formula is C10H16MgN2O6S2. The summed E-state index contributed by atoms with van der Waals surface area (Å²) in [6.07, 6.45) is 0. The molecule has 8 nitrogen and oxygen atoms in total. The third-order valence-corrected chi connectivity index (χ3v) is 2.42. The monoisotopic (exact) mass is 348 g/mol. The SMILES string of the molecule is CC(=O)N[C@@H](CS)C(=O)[O-].CC(=O)N[C@@H](CS)C(=O)[O-].[Mg+2]. The number of carboxylic acid groups (broad SMARTS) is 2. The van der Waals surface area contributed by atoms with Crippen molar-refractivity contribution >= 4 is 72.1 Å². The Morgan fingerprint density at radius 1 is 0.857 bits per heavy atom. The first-order chi connectivity index (χ1) is 9.15. The third kappa shape index (κ3) is 15.6. The Labute approximate surface area is 149 Å². The summed E-state index contributed by atoms with van der Waals surface area (Å²) >= 11 is 7.39. The van der Waals surface area contributed by atoms with Crippen molar-refractivity contribution < 1.29 is 29.4 Å². The Balaban J connectivity index is -0.000000295. The summed E-state index contributed by atoms with van der Waals surface area (Å²) in [5.74, 6) is -3.34. The molecule has 0 aromatic carbocycles. The van der Waals surface area contributed by atoms with E-state index in [4.69, 9.17) is 0 Å². The average molecular weight is 349 g/mol. The number of carboxylic acids is 2. The van der Waals surface area contributed by atoms with Crippen LogP contribution < -0.4 is 20.8 Å². The minimum atomic E-state index is -1.31. The Morgan fingerprint density at radius 3 is 1.14 bits per heavy atom. The van der Waals surface area contributed by atoms with Gasteiger partial charge in [-0.3, -0.25) is 9.59 Å². The molecule has 2 N–H and O–H groups in total. The maximum atomic E-state index is 10.3. The molecule has 0 radical (unpaired) electrons. The molecule has 0 saturated heterocycles. The van der Waals surface area contributed by atoms with Gasteiger partial charge in [0.25, 0.3) is 0 Å². The molecule has 0 heterocycles. The van der Waals surface area contributed by atoms with Crippen LogP contribution >= 0.6 is 25.3 Å². The molecule has 2 atom stereocenters. The number of thiol groups is 2. The van der Waals surface area contributed by atoms with Crippen molar-refractivity contribution in [3.05, 3.63) is 0 Å². The molecule has 0 saturated carbocycles. The summed E-state index contributed by atoms with van der Waals surface area (Å²) in [4.78, 5) is 40.7. The van der Waals surface area contributed by atoms with Crippen LogP contribution in [0, 0.1) is 0 Å². The molecule has 0 aromatic rings. The van der Waals surface area contributed by atoms with Gasteiger partial charge in [-0.25, -0.2) is 0 Å². The molecule has 0 aliphatic rings. The van der Waals surface area contributed by atoms with E-state index in [-0.39, 0.29) is 34.6 Å². The van der Waals surface area contributed by atoms with E-state index in [0.717, 1.165) is 0 Å². The number of hydrogen-bond donors (Lipinski definition) is 4. The topological polar surface area (TPSA) is 138 Å². The third-order valence-electron chi connectivity index (χ3n) is 1.69. The molecular weight excluding hydrogens is 333 g/mol. The first-order valence-electron chi connectivity index (χ1n) is 5.33. The van der Waals surface area contributed by atoms with Crippen LogP contribution in [0.5, 0.6) is 0 Å². The van der Waals surface area contributed by atoms with Crippen molar-refractivity contribution in [2.24, 2.45) is 0 Å². The van der Waals surface area contributed by atoms with E-state index < -0.39 is 35.8 Å². The van der Waals surface area contributed by atoms with Gasteiger partial charge in [0.05, 0.1) is 24.0 Å². The van der Waals surface area contributed by atoms with Gasteiger partial charge >= 0.3 is 23.1 Å². The predicted octanol–water partition coefficient (Wildman–Crippen LogP) is -4.04. The molecule has 0 bridgehead atoms. The van der Waals surface area contributed by atoms with Crippen LogP contribution in [-0.2, 0) is 19.2 Å².